The molecule has 3 heterocycles. The molecule has 5 rings (SSSR count). The third-order valence-electron chi connectivity index (χ3n) is 6.26. The van der Waals surface area contributed by atoms with E-state index in [0.29, 0.717) is 6.67 Å². The van der Waals surface area contributed by atoms with Crippen LogP contribution in [0.25, 0.3) is 11.4 Å². The standard InChI is InChI=1S/C28H34N6/c1-27(2,3)23-17-24(33(30-23)20-13-9-7-10-14-20)32-18-22-25(28(4,5)6)31-34(26(22)29-19-32)21-15-11-8-12-16-21/h7-17,29H,18-19H2,1-6H3. The van der Waals surface area contributed by atoms with Gasteiger partial charge in [-0.3, -0.25) is 0 Å². The van der Waals surface area contributed by atoms with E-state index >= 15 is 0 Å². The lowest BCUT2D eigenvalue weighted by Gasteiger charge is -2.32. The third kappa shape index (κ3) is 3.98. The van der Waals surface area contributed by atoms with Crippen LogP contribution in [0.15, 0.2) is 66.7 Å². The molecule has 0 bridgehead atoms. The van der Waals surface area contributed by atoms with Gasteiger partial charge < -0.3 is 10.2 Å². The molecule has 1 aliphatic rings. The molecule has 0 unspecified atom stereocenters. The van der Waals surface area contributed by atoms with Gasteiger partial charge in [-0.15, -0.1) is 0 Å². The molecule has 0 atom stereocenters. The number of benzene rings is 2. The van der Waals surface area contributed by atoms with E-state index in [4.69, 9.17) is 10.2 Å². The zero-order chi connectivity index (χ0) is 24.1. The van der Waals surface area contributed by atoms with Crippen LogP contribution < -0.4 is 10.2 Å². The van der Waals surface area contributed by atoms with Crippen LogP contribution in [0.2, 0.25) is 0 Å². The highest BCUT2D eigenvalue weighted by Gasteiger charge is 2.33. The molecule has 6 heteroatoms. The second kappa shape index (κ2) is 8.05. The molecule has 0 fully saturated rings. The van der Waals surface area contributed by atoms with E-state index in [1.165, 1.54) is 5.56 Å². The smallest absolute Gasteiger partial charge is 0.136 e. The van der Waals surface area contributed by atoms with E-state index in [9.17, 15) is 0 Å². The number of fused-ring (bicyclic) bond motifs is 1. The summed E-state index contributed by atoms with van der Waals surface area (Å²) < 4.78 is 4.13. The lowest BCUT2D eigenvalue weighted by molar-refractivity contribution is 0.553. The van der Waals surface area contributed by atoms with Gasteiger partial charge in [0.2, 0.25) is 0 Å². The van der Waals surface area contributed by atoms with Gasteiger partial charge in [-0.05, 0) is 24.3 Å². The fourth-order valence-corrected chi connectivity index (χ4v) is 4.44. The number of nitrogens with zero attached hydrogens (tertiary/aromatic N) is 5. The van der Waals surface area contributed by atoms with Crippen molar-refractivity contribution < 1.29 is 0 Å². The molecule has 0 saturated carbocycles. The maximum Gasteiger partial charge on any atom is 0.136 e. The summed E-state index contributed by atoms with van der Waals surface area (Å²) in [4.78, 5) is 2.36. The summed E-state index contributed by atoms with van der Waals surface area (Å²) in [6.07, 6.45) is 0. The number of para-hydroxylation sites is 2. The fraction of sp³-hybridized carbons (Fsp3) is 0.357. The predicted molar refractivity (Wildman–Crippen MR) is 139 cm³/mol. The van der Waals surface area contributed by atoms with Gasteiger partial charge in [0.05, 0.1) is 36.0 Å². The molecule has 176 valence electrons. The van der Waals surface area contributed by atoms with Crippen molar-refractivity contribution in [2.75, 3.05) is 16.9 Å². The first-order valence-electron chi connectivity index (χ1n) is 12.0. The molecular weight excluding hydrogens is 420 g/mol. The van der Waals surface area contributed by atoms with Crippen molar-refractivity contribution in [2.45, 2.75) is 58.9 Å². The van der Waals surface area contributed by atoms with Crippen molar-refractivity contribution in [3.63, 3.8) is 0 Å². The Balaban J connectivity index is 1.61. The second-order valence-electron chi connectivity index (χ2n) is 11.1. The van der Waals surface area contributed by atoms with Crippen molar-refractivity contribution in [3.8, 4) is 11.4 Å². The van der Waals surface area contributed by atoms with Crippen LogP contribution in [-0.2, 0) is 17.4 Å². The molecule has 6 nitrogen and oxygen atoms in total. The summed E-state index contributed by atoms with van der Waals surface area (Å²) in [5, 5.41) is 13.8. The molecule has 0 aliphatic carbocycles. The van der Waals surface area contributed by atoms with Gasteiger partial charge in [0.15, 0.2) is 0 Å². The Bertz CT molecular complexity index is 1290. The van der Waals surface area contributed by atoms with E-state index < -0.39 is 0 Å². The van der Waals surface area contributed by atoms with E-state index in [1.807, 2.05) is 12.1 Å². The van der Waals surface area contributed by atoms with Crippen LogP contribution in [0.1, 0.15) is 58.5 Å². The number of aromatic nitrogens is 4. The highest BCUT2D eigenvalue weighted by Crippen LogP contribution is 2.37. The average molecular weight is 455 g/mol. The van der Waals surface area contributed by atoms with Crippen LogP contribution >= 0.6 is 0 Å². The highest BCUT2D eigenvalue weighted by molar-refractivity contribution is 5.61. The molecule has 34 heavy (non-hydrogen) atoms. The van der Waals surface area contributed by atoms with Gasteiger partial charge in [-0.25, -0.2) is 9.36 Å². The van der Waals surface area contributed by atoms with Crippen LogP contribution in [0.3, 0.4) is 0 Å². The van der Waals surface area contributed by atoms with Crippen molar-refractivity contribution in [1.82, 2.24) is 19.6 Å². The summed E-state index contributed by atoms with van der Waals surface area (Å²) in [5.74, 6) is 2.16. The Kier molecular flexibility index (Phi) is 5.27. The maximum absolute atomic E-state index is 5.09. The largest absolute Gasteiger partial charge is 0.352 e. The van der Waals surface area contributed by atoms with Crippen LogP contribution in [0.4, 0.5) is 11.6 Å². The number of nitrogens with one attached hydrogen (secondary N) is 1. The van der Waals surface area contributed by atoms with Gasteiger partial charge in [0.1, 0.15) is 11.6 Å². The Hall–Kier alpha value is -3.54. The molecular formula is C28H34N6. The number of anilines is 2. The summed E-state index contributed by atoms with van der Waals surface area (Å²) in [6, 6.07) is 23.0. The second-order valence-corrected chi connectivity index (χ2v) is 11.1. The SMILES string of the molecule is CC(C)(C)c1cc(N2CNc3c(c(C(C)(C)C)nn3-c3ccccc3)C2)n(-c2ccccc2)n1. The number of hydrogen-bond acceptors (Lipinski definition) is 4. The Morgan fingerprint density at radius 3 is 1.88 bits per heavy atom. The van der Waals surface area contributed by atoms with Gasteiger partial charge >= 0.3 is 0 Å². The molecule has 4 aromatic rings. The molecule has 1 aliphatic heterocycles. The van der Waals surface area contributed by atoms with Crippen molar-refractivity contribution in [3.05, 3.63) is 83.7 Å². The quantitative estimate of drug-likeness (QED) is 0.410. The van der Waals surface area contributed by atoms with Crippen molar-refractivity contribution in [1.29, 1.82) is 0 Å². The van der Waals surface area contributed by atoms with Crippen molar-refractivity contribution in [2.24, 2.45) is 0 Å². The Labute approximate surface area is 202 Å². The lowest BCUT2D eigenvalue weighted by Crippen LogP contribution is -2.36. The van der Waals surface area contributed by atoms with Crippen LogP contribution in [-0.4, -0.2) is 26.2 Å². The van der Waals surface area contributed by atoms with Gasteiger partial charge in [-0.1, -0.05) is 77.9 Å². The van der Waals surface area contributed by atoms with Gasteiger partial charge in [-0.2, -0.15) is 10.2 Å². The summed E-state index contributed by atoms with van der Waals surface area (Å²) in [7, 11) is 0. The average Bonchev–Trinajstić information content (AvgIpc) is 3.42. The summed E-state index contributed by atoms with van der Waals surface area (Å²) in [6.45, 7) is 14.8. The predicted octanol–water partition coefficient (Wildman–Crippen LogP) is 6.04. The first kappa shape index (κ1) is 22.3. The molecule has 0 saturated heterocycles. The normalized spacial score (nSPS) is 14.1. The van der Waals surface area contributed by atoms with Crippen LogP contribution in [0, 0.1) is 0 Å². The zero-order valence-corrected chi connectivity index (χ0v) is 21.0. The molecule has 2 aromatic heterocycles. The summed E-state index contributed by atoms with van der Waals surface area (Å²) >= 11 is 0. The molecule has 0 radical (unpaired) electrons. The summed E-state index contributed by atoms with van der Waals surface area (Å²) in [5.41, 5.74) is 5.44. The molecule has 0 amide bonds. The highest BCUT2D eigenvalue weighted by atomic mass is 15.4. The Morgan fingerprint density at radius 1 is 0.735 bits per heavy atom. The van der Waals surface area contributed by atoms with E-state index in [1.54, 1.807) is 0 Å². The van der Waals surface area contributed by atoms with E-state index in [-0.39, 0.29) is 10.8 Å². The Morgan fingerprint density at radius 2 is 1.32 bits per heavy atom. The molecule has 0 spiro atoms. The zero-order valence-electron chi connectivity index (χ0n) is 21.0. The maximum atomic E-state index is 5.09. The minimum atomic E-state index is -0.0783. The number of rotatable bonds is 3. The van der Waals surface area contributed by atoms with Crippen LogP contribution in [0.5, 0.6) is 0 Å². The van der Waals surface area contributed by atoms with E-state index in [0.717, 1.165) is 40.9 Å². The van der Waals surface area contributed by atoms with Gasteiger partial charge in [0.25, 0.3) is 0 Å². The van der Waals surface area contributed by atoms with E-state index in [2.05, 4.69) is 116 Å². The molecule has 1 N–H and O–H groups in total. The lowest BCUT2D eigenvalue weighted by atomic mass is 9.89. The minimum absolute atomic E-state index is 0.0437. The first-order valence-corrected chi connectivity index (χ1v) is 12.0. The fourth-order valence-electron chi connectivity index (χ4n) is 4.44. The monoisotopic (exact) mass is 454 g/mol. The topological polar surface area (TPSA) is 50.9 Å². The minimum Gasteiger partial charge on any atom is -0.352 e. The van der Waals surface area contributed by atoms with Gasteiger partial charge in [0, 0.05) is 22.5 Å². The first-order chi connectivity index (χ1) is 16.1. The van der Waals surface area contributed by atoms with Crippen molar-refractivity contribution >= 4 is 11.6 Å². The molecule has 2 aromatic carbocycles. The third-order valence-corrected chi connectivity index (χ3v) is 6.26. The number of hydrogen-bond donors (Lipinski definition) is 1.